The maximum atomic E-state index is 10.4. The summed E-state index contributed by atoms with van der Waals surface area (Å²) in [5.74, 6) is -0.860. The van der Waals surface area contributed by atoms with Gasteiger partial charge in [0.2, 0.25) is 0 Å². The summed E-state index contributed by atoms with van der Waals surface area (Å²) >= 11 is 0. The zero-order valence-corrected chi connectivity index (χ0v) is 11.4. The number of hydrogen-bond acceptors (Lipinski definition) is 4. The lowest BCUT2D eigenvalue weighted by molar-refractivity contribution is -0.138. The maximum absolute atomic E-state index is 10.4. The second kappa shape index (κ2) is 10.8. The molecular weight excluding hydrogens is 258 g/mol. The van der Waals surface area contributed by atoms with Gasteiger partial charge in [0.15, 0.2) is 0 Å². The fraction of sp³-hybridized carbons (Fsp3) is 0.267. The van der Waals surface area contributed by atoms with Gasteiger partial charge in [-0.15, -0.1) is 13.2 Å². The van der Waals surface area contributed by atoms with Gasteiger partial charge in [0.1, 0.15) is 11.8 Å². The molecule has 0 spiro atoms. The van der Waals surface area contributed by atoms with Gasteiger partial charge >= 0.3 is 5.97 Å². The molecule has 0 amide bonds. The summed E-state index contributed by atoms with van der Waals surface area (Å²) in [7, 11) is 0. The number of benzene rings is 1. The van der Waals surface area contributed by atoms with Gasteiger partial charge in [-0.05, 0) is 24.1 Å². The average molecular weight is 279 g/mol. The number of phenols is 1. The van der Waals surface area contributed by atoms with Crippen LogP contribution in [-0.2, 0) is 16.0 Å². The fourth-order valence-electron chi connectivity index (χ4n) is 1.21. The highest BCUT2D eigenvalue weighted by Gasteiger charge is 2.11. The number of rotatable bonds is 7. The van der Waals surface area contributed by atoms with Crippen molar-refractivity contribution in [1.82, 2.24) is 0 Å². The summed E-state index contributed by atoms with van der Waals surface area (Å²) in [5.41, 5.74) is 6.12. The van der Waals surface area contributed by atoms with E-state index in [-0.39, 0.29) is 12.2 Å². The van der Waals surface area contributed by atoms with Crippen molar-refractivity contribution in [2.75, 3.05) is 13.2 Å². The van der Waals surface area contributed by atoms with Crippen LogP contribution in [0.25, 0.3) is 0 Å². The first-order valence-corrected chi connectivity index (χ1v) is 6.07. The number of carboxylic acid groups (broad SMARTS) is 1. The lowest BCUT2D eigenvalue weighted by atomic mass is 10.1. The van der Waals surface area contributed by atoms with E-state index < -0.39 is 12.0 Å². The molecule has 0 aliphatic heterocycles. The van der Waals surface area contributed by atoms with Crippen LogP contribution < -0.4 is 5.73 Å². The van der Waals surface area contributed by atoms with Crippen molar-refractivity contribution in [1.29, 1.82) is 0 Å². The van der Waals surface area contributed by atoms with E-state index in [0.717, 1.165) is 5.56 Å². The Morgan fingerprint density at radius 3 is 2.15 bits per heavy atom. The van der Waals surface area contributed by atoms with Gasteiger partial charge in [-0.1, -0.05) is 24.3 Å². The molecular formula is C15H21NO4. The highest BCUT2D eigenvalue weighted by Crippen LogP contribution is 2.10. The van der Waals surface area contributed by atoms with Crippen molar-refractivity contribution in [2.24, 2.45) is 5.73 Å². The van der Waals surface area contributed by atoms with Crippen molar-refractivity contribution in [2.45, 2.75) is 12.5 Å². The van der Waals surface area contributed by atoms with Crippen LogP contribution >= 0.6 is 0 Å². The van der Waals surface area contributed by atoms with Crippen LogP contribution in [0.4, 0.5) is 0 Å². The van der Waals surface area contributed by atoms with E-state index >= 15 is 0 Å². The molecule has 0 aliphatic rings. The van der Waals surface area contributed by atoms with E-state index in [9.17, 15) is 4.79 Å². The standard InChI is InChI=1S/C9H11NO3.C6H10O/c10-8(9(12)13)5-6-1-3-7(11)4-2-6;1-3-5-7-6-4-2/h1-4,8,11H,5,10H2,(H,12,13);3-4H,1-2,5-6H2/t8-;/m0./s1. The van der Waals surface area contributed by atoms with Crippen LogP contribution in [-0.4, -0.2) is 35.4 Å². The fourth-order valence-corrected chi connectivity index (χ4v) is 1.21. The van der Waals surface area contributed by atoms with E-state index in [1.165, 1.54) is 12.1 Å². The van der Waals surface area contributed by atoms with Gasteiger partial charge in [0.25, 0.3) is 0 Å². The Kier molecular flexibility index (Phi) is 9.64. The monoisotopic (exact) mass is 279 g/mol. The molecule has 20 heavy (non-hydrogen) atoms. The van der Waals surface area contributed by atoms with Gasteiger partial charge in [-0.25, -0.2) is 0 Å². The normalized spacial score (nSPS) is 10.8. The minimum absolute atomic E-state index is 0.160. The predicted octanol–water partition coefficient (Wildman–Crippen LogP) is 1.72. The van der Waals surface area contributed by atoms with Crippen molar-refractivity contribution < 1.29 is 19.7 Å². The Morgan fingerprint density at radius 2 is 1.75 bits per heavy atom. The summed E-state index contributed by atoms with van der Waals surface area (Å²) in [6.45, 7) is 8.18. The van der Waals surface area contributed by atoms with Gasteiger partial charge in [-0.2, -0.15) is 0 Å². The first kappa shape index (κ1) is 17.9. The van der Waals surface area contributed by atoms with Crippen LogP contribution in [0.15, 0.2) is 49.6 Å². The quantitative estimate of drug-likeness (QED) is 0.522. The summed E-state index contributed by atoms with van der Waals surface area (Å²) in [5, 5.41) is 17.5. The number of phenolic OH excluding ortho intramolecular Hbond substituents is 1. The molecule has 5 heteroatoms. The topological polar surface area (TPSA) is 92.8 Å². The Morgan fingerprint density at radius 1 is 1.25 bits per heavy atom. The summed E-state index contributed by atoms with van der Waals surface area (Å²) in [4.78, 5) is 10.4. The first-order chi connectivity index (χ1) is 9.51. The van der Waals surface area contributed by atoms with Crippen LogP contribution in [0.5, 0.6) is 5.75 Å². The second-order valence-electron chi connectivity index (χ2n) is 3.93. The number of aromatic hydroxyl groups is 1. The number of ether oxygens (including phenoxy) is 1. The zero-order valence-electron chi connectivity index (χ0n) is 11.4. The summed E-state index contributed by atoms with van der Waals surface area (Å²) in [6.07, 6.45) is 3.70. The minimum atomic E-state index is -1.02. The molecule has 5 nitrogen and oxygen atoms in total. The molecule has 0 aromatic heterocycles. The van der Waals surface area contributed by atoms with Gasteiger partial charge in [0, 0.05) is 0 Å². The van der Waals surface area contributed by atoms with Crippen LogP contribution in [0.3, 0.4) is 0 Å². The third-order valence-corrected chi connectivity index (χ3v) is 2.18. The lowest BCUT2D eigenvalue weighted by Gasteiger charge is -2.05. The van der Waals surface area contributed by atoms with E-state index in [2.05, 4.69) is 13.2 Å². The molecule has 1 aromatic carbocycles. The average Bonchev–Trinajstić information content (AvgIpc) is 2.42. The van der Waals surface area contributed by atoms with Crippen molar-refractivity contribution in [3.05, 3.63) is 55.1 Å². The molecule has 0 saturated carbocycles. The van der Waals surface area contributed by atoms with E-state index in [4.69, 9.17) is 20.7 Å². The number of aliphatic carboxylic acids is 1. The molecule has 1 aromatic rings. The van der Waals surface area contributed by atoms with E-state index in [0.29, 0.717) is 13.2 Å². The highest BCUT2D eigenvalue weighted by molar-refractivity contribution is 5.73. The number of carbonyl (C=O) groups is 1. The maximum Gasteiger partial charge on any atom is 0.320 e. The molecule has 0 heterocycles. The van der Waals surface area contributed by atoms with Crippen molar-refractivity contribution >= 4 is 5.97 Å². The molecule has 0 bridgehead atoms. The van der Waals surface area contributed by atoms with Gasteiger partial charge < -0.3 is 20.7 Å². The number of nitrogens with two attached hydrogens (primary N) is 1. The summed E-state index contributed by atoms with van der Waals surface area (Å²) < 4.78 is 4.90. The van der Waals surface area contributed by atoms with Gasteiger partial charge in [-0.3, -0.25) is 4.79 Å². The first-order valence-electron chi connectivity index (χ1n) is 6.07. The van der Waals surface area contributed by atoms with Crippen molar-refractivity contribution in [3.8, 4) is 5.75 Å². The molecule has 0 saturated heterocycles. The summed E-state index contributed by atoms with van der Waals surface area (Å²) in [6, 6.07) is 5.42. The third kappa shape index (κ3) is 8.91. The van der Waals surface area contributed by atoms with Crippen LogP contribution in [0, 0.1) is 0 Å². The molecule has 1 atom stereocenters. The van der Waals surface area contributed by atoms with E-state index in [1.807, 2.05) is 0 Å². The zero-order chi connectivity index (χ0) is 15.4. The van der Waals surface area contributed by atoms with E-state index in [1.54, 1.807) is 24.3 Å². The van der Waals surface area contributed by atoms with Crippen LogP contribution in [0.1, 0.15) is 5.56 Å². The largest absolute Gasteiger partial charge is 0.508 e. The SMILES string of the molecule is C=CCOCC=C.N[C@@H](Cc1ccc(O)cc1)C(=O)O. The highest BCUT2D eigenvalue weighted by atomic mass is 16.5. The van der Waals surface area contributed by atoms with Gasteiger partial charge in [0.05, 0.1) is 13.2 Å². The Hall–Kier alpha value is -2.11. The lowest BCUT2D eigenvalue weighted by Crippen LogP contribution is -2.32. The molecule has 0 unspecified atom stereocenters. The molecule has 0 fully saturated rings. The molecule has 4 N–H and O–H groups in total. The van der Waals surface area contributed by atoms with Crippen molar-refractivity contribution in [3.63, 3.8) is 0 Å². The Bertz CT molecular complexity index is 406. The molecule has 0 aliphatic carbocycles. The van der Waals surface area contributed by atoms with Crippen LogP contribution in [0.2, 0.25) is 0 Å². The second-order valence-corrected chi connectivity index (χ2v) is 3.93. The number of carboxylic acids is 1. The third-order valence-electron chi connectivity index (χ3n) is 2.18. The molecule has 1 rings (SSSR count). The minimum Gasteiger partial charge on any atom is -0.508 e. The molecule has 110 valence electrons. The molecule has 0 radical (unpaired) electrons. The Balaban J connectivity index is 0.000000441. The predicted molar refractivity (Wildman–Crippen MR) is 78.6 cm³/mol. The smallest absolute Gasteiger partial charge is 0.320 e. The number of hydrogen-bond donors (Lipinski definition) is 3. The Labute approximate surface area is 119 Å².